The molecule has 28 heavy (non-hydrogen) atoms. The Labute approximate surface area is 162 Å². The van der Waals surface area contributed by atoms with Crippen LogP contribution in [0.5, 0.6) is 11.5 Å². The number of imidazole rings is 1. The van der Waals surface area contributed by atoms with Gasteiger partial charge in [-0.3, -0.25) is 9.59 Å². The average molecular weight is 382 g/mol. The van der Waals surface area contributed by atoms with E-state index < -0.39 is 0 Å². The van der Waals surface area contributed by atoms with Gasteiger partial charge < -0.3 is 24.7 Å². The van der Waals surface area contributed by atoms with E-state index in [1.807, 2.05) is 4.57 Å². The number of anilines is 1. The van der Waals surface area contributed by atoms with Gasteiger partial charge in [0.2, 0.25) is 0 Å². The normalized spacial score (nSPS) is 14.7. The van der Waals surface area contributed by atoms with Crippen LogP contribution in [0.15, 0.2) is 30.9 Å². The molecule has 8 heteroatoms. The van der Waals surface area contributed by atoms with Crippen molar-refractivity contribution in [2.75, 3.05) is 25.1 Å². The van der Waals surface area contributed by atoms with Crippen molar-refractivity contribution in [3.05, 3.63) is 48.1 Å². The number of benzene rings is 1. The molecule has 2 N–H and O–H groups in total. The first-order valence-corrected chi connectivity index (χ1v) is 9.37. The Balaban J connectivity index is 1.59. The van der Waals surface area contributed by atoms with Gasteiger partial charge in [-0.2, -0.15) is 0 Å². The largest absolute Gasteiger partial charge is 0.486 e. The van der Waals surface area contributed by atoms with Crippen molar-refractivity contribution in [3.8, 4) is 11.5 Å². The molecule has 1 aromatic carbocycles. The molecule has 2 aliphatic heterocycles. The number of carbonyl (C=O) groups is 2. The van der Waals surface area contributed by atoms with Crippen LogP contribution < -0.4 is 20.1 Å². The standard InChI is InChI=1S/C20H22N4O4/c1-2-8-21-20(26)18-23-17(14-5-3-4-9-24(14)18)19(25)22-13-6-7-15-16(12-13)28-11-10-27-15/h2,6-7,12H,1,3-5,8-11H2,(H,21,26)(H,22,25). The summed E-state index contributed by atoms with van der Waals surface area (Å²) in [5, 5.41) is 5.59. The summed E-state index contributed by atoms with van der Waals surface area (Å²) in [4.78, 5) is 29.7. The van der Waals surface area contributed by atoms with Crippen LogP contribution in [-0.2, 0) is 13.0 Å². The van der Waals surface area contributed by atoms with Gasteiger partial charge in [0, 0.05) is 24.8 Å². The van der Waals surface area contributed by atoms with Crippen LogP contribution in [0, 0.1) is 0 Å². The highest BCUT2D eigenvalue weighted by molar-refractivity contribution is 6.05. The van der Waals surface area contributed by atoms with Crippen molar-refractivity contribution in [1.29, 1.82) is 0 Å². The minimum Gasteiger partial charge on any atom is -0.486 e. The first-order valence-electron chi connectivity index (χ1n) is 9.37. The molecule has 0 saturated heterocycles. The first kappa shape index (κ1) is 18.1. The molecule has 0 atom stereocenters. The van der Waals surface area contributed by atoms with Crippen LogP contribution in [0.25, 0.3) is 0 Å². The van der Waals surface area contributed by atoms with Crippen LogP contribution in [0.2, 0.25) is 0 Å². The number of hydrogen-bond acceptors (Lipinski definition) is 5. The fraction of sp³-hybridized carbons (Fsp3) is 0.350. The summed E-state index contributed by atoms with van der Waals surface area (Å²) in [5.74, 6) is 0.876. The molecule has 8 nitrogen and oxygen atoms in total. The summed E-state index contributed by atoms with van der Waals surface area (Å²) in [7, 11) is 0. The maximum atomic E-state index is 12.9. The van der Waals surface area contributed by atoms with Crippen molar-refractivity contribution in [3.63, 3.8) is 0 Å². The van der Waals surface area contributed by atoms with E-state index in [0.29, 0.717) is 55.6 Å². The summed E-state index contributed by atoms with van der Waals surface area (Å²) in [6, 6.07) is 5.25. The minimum atomic E-state index is -0.343. The van der Waals surface area contributed by atoms with Gasteiger partial charge >= 0.3 is 0 Å². The van der Waals surface area contributed by atoms with Crippen LogP contribution in [0.3, 0.4) is 0 Å². The third-order valence-electron chi connectivity index (χ3n) is 4.74. The lowest BCUT2D eigenvalue weighted by Crippen LogP contribution is -2.28. The highest BCUT2D eigenvalue weighted by Crippen LogP contribution is 2.33. The molecule has 0 unspecified atom stereocenters. The molecule has 3 heterocycles. The summed E-state index contributed by atoms with van der Waals surface area (Å²) in [6.07, 6.45) is 4.23. The zero-order valence-corrected chi connectivity index (χ0v) is 15.5. The van der Waals surface area contributed by atoms with Crippen LogP contribution >= 0.6 is 0 Å². The highest BCUT2D eigenvalue weighted by atomic mass is 16.6. The van der Waals surface area contributed by atoms with E-state index in [9.17, 15) is 9.59 Å². The summed E-state index contributed by atoms with van der Waals surface area (Å²) in [6.45, 7) is 5.61. The van der Waals surface area contributed by atoms with Crippen LogP contribution in [0.4, 0.5) is 5.69 Å². The van der Waals surface area contributed by atoms with E-state index in [2.05, 4.69) is 22.2 Å². The number of hydrogen-bond donors (Lipinski definition) is 2. The quantitative estimate of drug-likeness (QED) is 0.773. The molecular formula is C20H22N4O4. The van der Waals surface area contributed by atoms with Crippen molar-refractivity contribution in [1.82, 2.24) is 14.9 Å². The molecule has 1 aromatic heterocycles. The molecule has 4 rings (SSSR count). The van der Waals surface area contributed by atoms with E-state index in [1.54, 1.807) is 24.3 Å². The second-order valence-electron chi connectivity index (χ2n) is 6.65. The number of rotatable bonds is 5. The highest BCUT2D eigenvalue weighted by Gasteiger charge is 2.27. The second-order valence-corrected chi connectivity index (χ2v) is 6.65. The van der Waals surface area contributed by atoms with Crippen molar-refractivity contribution in [2.24, 2.45) is 0 Å². The van der Waals surface area contributed by atoms with Gasteiger partial charge in [-0.1, -0.05) is 6.08 Å². The molecule has 2 aromatic rings. The fourth-order valence-corrected chi connectivity index (χ4v) is 3.45. The summed E-state index contributed by atoms with van der Waals surface area (Å²) < 4.78 is 12.9. The molecule has 0 radical (unpaired) electrons. The molecule has 0 fully saturated rings. The second kappa shape index (κ2) is 7.75. The van der Waals surface area contributed by atoms with Crippen LogP contribution in [0.1, 0.15) is 39.6 Å². The molecule has 0 bridgehead atoms. The average Bonchev–Trinajstić information content (AvgIpc) is 3.12. The lowest BCUT2D eigenvalue weighted by molar-refractivity contribution is 0.0942. The number of carbonyl (C=O) groups excluding carboxylic acids is 2. The Bertz CT molecular complexity index is 935. The SMILES string of the molecule is C=CCNC(=O)c1nc(C(=O)Nc2ccc3c(c2)OCCO3)c2n1CCCC2. The van der Waals surface area contributed by atoms with E-state index in [1.165, 1.54) is 0 Å². The smallest absolute Gasteiger partial charge is 0.287 e. The number of nitrogens with zero attached hydrogens (tertiary/aromatic N) is 2. The number of nitrogens with one attached hydrogen (secondary N) is 2. The molecule has 2 aliphatic rings. The third-order valence-corrected chi connectivity index (χ3v) is 4.74. The zero-order valence-electron chi connectivity index (χ0n) is 15.5. The van der Waals surface area contributed by atoms with Crippen LogP contribution in [-0.4, -0.2) is 41.1 Å². The summed E-state index contributed by atoms with van der Waals surface area (Å²) in [5.41, 5.74) is 1.67. The molecule has 0 aliphatic carbocycles. The first-order chi connectivity index (χ1) is 13.7. The third kappa shape index (κ3) is 3.45. The zero-order chi connectivity index (χ0) is 19.5. The van der Waals surface area contributed by atoms with Gasteiger partial charge in [-0.05, 0) is 31.4 Å². The minimum absolute atomic E-state index is 0.267. The van der Waals surface area contributed by atoms with Crippen molar-refractivity contribution >= 4 is 17.5 Å². The van der Waals surface area contributed by atoms with E-state index >= 15 is 0 Å². The Morgan fingerprint density at radius 3 is 2.82 bits per heavy atom. The topological polar surface area (TPSA) is 94.5 Å². The lowest BCUT2D eigenvalue weighted by atomic mass is 10.1. The van der Waals surface area contributed by atoms with Gasteiger partial charge in [-0.25, -0.2) is 4.98 Å². The van der Waals surface area contributed by atoms with Crippen molar-refractivity contribution < 1.29 is 19.1 Å². The monoisotopic (exact) mass is 382 g/mol. The molecular weight excluding hydrogens is 360 g/mol. The van der Waals surface area contributed by atoms with Gasteiger partial charge in [0.15, 0.2) is 23.0 Å². The molecule has 0 saturated carbocycles. The lowest BCUT2D eigenvalue weighted by Gasteiger charge is -2.19. The van der Waals surface area contributed by atoms with Gasteiger partial charge in [-0.15, -0.1) is 6.58 Å². The van der Waals surface area contributed by atoms with Gasteiger partial charge in [0.1, 0.15) is 13.2 Å². The number of aromatic nitrogens is 2. The van der Waals surface area contributed by atoms with Crippen molar-refractivity contribution in [2.45, 2.75) is 25.8 Å². The van der Waals surface area contributed by atoms with E-state index in [4.69, 9.17) is 9.47 Å². The number of fused-ring (bicyclic) bond motifs is 2. The maximum Gasteiger partial charge on any atom is 0.287 e. The Morgan fingerprint density at radius 2 is 2.00 bits per heavy atom. The number of ether oxygens (including phenoxy) is 2. The predicted molar refractivity (Wildman–Crippen MR) is 103 cm³/mol. The number of amides is 2. The fourth-order valence-electron chi connectivity index (χ4n) is 3.45. The molecule has 146 valence electrons. The predicted octanol–water partition coefficient (Wildman–Crippen LogP) is 2.16. The van der Waals surface area contributed by atoms with Gasteiger partial charge in [0.25, 0.3) is 11.8 Å². The van der Waals surface area contributed by atoms with E-state index in [-0.39, 0.29) is 17.6 Å². The maximum absolute atomic E-state index is 12.9. The molecule has 0 spiro atoms. The summed E-state index contributed by atoms with van der Waals surface area (Å²) >= 11 is 0. The Hall–Kier alpha value is -3.29. The van der Waals surface area contributed by atoms with Gasteiger partial charge in [0.05, 0.1) is 5.69 Å². The molecule has 2 amide bonds. The Morgan fingerprint density at radius 1 is 1.18 bits per heavy atom. The van der Waals surface area contributed by atoms with E-state index in [0.717, 1.165) is 18.5 Å². The Kier molecular flexibility index (Phi) is 5.01.